The fourth-order valence-electron chi connectivity index (χ4n) is 1.47. The Balaban J connectivity index is 2.50. The van der Waals surface area contributed by atoms with Gasteiger partial charge in [0.05, 0.1) is 10.7 Å². The summed E-state index contributed by atoms with van der Waals surface area (Å²) < 4.78 is 0. The highest BCUT2D eigenvalue weighted by molar-refractivity contribution is 6.30. The number of fused-ring (bicyclic) bond motifs is 1. The molecule has 0 spiro atoms. The molecule has 1 heterocycles. The van der Waals surface area contributed by atoms with Gasteiger partial charge in [0, 0.05) is 12.2 Å². The lowest BCUT2D eigenvalue weighted by Gasteiger charge is -2.01. The van der Waals surface area contributed by atoms with Crippen LogP contribution in [-0.4, -0.2) is 4.98 Å². The number of aromatic nitrogens is 1. The molecule has 1 aliphatic carbocycles. The SMILES string of the molecule is N[C@H]1CCc2cc(Cl)cnc21. The smallest absolute Gasteiger partial charge is 0.0604 e. The third-order valence-electron chi connectivity index (χ3n) is 2.04. The zero-order valence-electron chi connectivity index (χ0n) is 6.05. The summed E-state index contributed by atoms with van der Waals surface area (Å²) in [7, 11) is 0. The van der Waals surface area contributed by atoms with Gasteiger partial charge in [0.1, 0.15) is 0 Å². The second-order valence-corrected chi connectivity index (χ2v) is 3.28. The summed E-state index contributed by atoms with van der Waals surface area (Å²) in [6.45, 7) is 0. The van der Waals surface area contributed by atoms with Crippen LogP contribution < -0.4 is 5.73 Å². The van der Waals surface area contributed by atoms with Gasteiger partial charge in [0.15, 0.2) is 0 Å². The zero-order valence-corrected chi connectivity index (χ0v) is 6.80. The number of pyridine rings is 1. The van der Waals surface area contributed by atoms with Crippen LogP contribution in [0.3, 0.4) is 0 Å². The highest BCUT2D eigenvalue weighted by atomic mass is 35.5. The van der Waals surface area contributed by atoms with Crippen LogP contribution in [0.5, 0.6) is 0 Å². The average Bonchev–Trinajstić information content (AvgIpc) is 2.32. The van der Waals surface area contributed by atoms with E-state index in [-0.39, 0.29) is 6.04 Å². The van der Waals surface area contributed by atoms with Crippen LogP contribution in [0.15, 0.2) is 12.3 Å². The minimum atomic E-state index is 0.127. The Kier molecular flexibility index (Phi) is 1.59. The van der Waals surface area contributed by atoms with Crippen LogP contribution in [0, 0.1) is 0 Å². The standard InChI is InChI=1S/C8H9ClN2/c9-6-3-5-1-2-7(10)8(5)11-4-6/h3-4,7H,1-2,10H2/t7-/m0/s1. The van der Waals surface area contributed by atoms with E-state index in [1.54, 1.807) is 6.20 Å². The predicted molar refractivity (Wildman–Crippen MR) is 44.5 cm³/mol. The molecular formula is C8H9ClN2. The Morgan fingerprint density at radius 3 is 3.27 bits per heavy atom. The van der Waals surface area contributed by atoms with E-state index >= 15 is 0 Å². The molecule has 3 heteroatoms. The summed E-state index contributed by atoms with van der Waals surface area (Å²) >= 11 is 5.77. The van der Waals surface area contributed by atoms with Crippen molar-refractivity contribution in [3.8, 4) is 0 Å². The molecule has 0 aliphatic heterocycles. The van der Waals surface area contributed by atoms with Gasteiger partial charge in [-0.25, -0.2) is 0 Å². The van der Waals surface area contributed by atoms with Crippen LogP contribution in [0.4, 0.5) is 0 Å². The lowest BCUT2D eigenvalue weighted by Crippen LogP contribution is -2.06. The van der Waals surface area contributed by atoms with Crippen molar-refractivity contribution >= 4 is 11.6 Å². The van der Waals surface area contributed by atoms with E-state index in [2.05, 4.69) is 4.98 Å². The second kappa shape index (κ2) is 2.47. The van der Waals surface area contributed by atoms with E-state index in [0.717, 1.165) is 18.5 Å². The highest BCUT2D eigenvalue weighted by Crippen LogP contribution is 2.28. The van der Waals surface area contributed by atoms with Gasteiger partial charge in [0.2, 0.25) is 0 Å². The summed E-state index contributed by atoms with van der Waals surface area (Å²) in [5, 5.41) is 0.706. The first-order valence-electron chi connectivity index (χ1n) is 3.67. The number of hydrogen-bond donors (Lipinski definition) is 1. The van der Waals surface area contributed by atoms with Crippen molar-refractivity contribution in [2.75, 3.05) is 0 Å². The van der Waals surface area contributed by atoms with Crippen LogP contribution >= 0.6 is 11.6 Å². The van der Waals surface area contributed by atoms with E-state index in [1.807, 2.05) is 6.07 Å². The minimum absolute atomic E-state index is 0.127. The number of hydrogen-bond acceptors (Lipinski definition) is 2. The van der Waals surface area contributed by atoms with Gasteiger partial charge in [0.25, 0.3) is 0 Å². The topological polar surface area (TPSA) is 38.9 Å². The third kappa shape index (κ3) is 1.12. The second-order valence-electron chi connectivity index (χ2n) is 2.84. The molecule has 1 aromatic heterocycles. The Morgan fingerprint density at radius 2 is 2.45 bits per heavy atom. The molecule has 2 N–H and O–H groups in total. The molecule has 2 nitrogen and oxygen atoms in total. The lowest BCUT2D eigenvalue weighted by molar-refractivity contribution is 0.698. The molecular weight excluding hydrogens is 160 g/mol. The largest absolute Gasteiger partial charge is 0.323 e. The maximum absolute atomic E-state index is 5.79. The van der Waals surface area contributed by atoms with Gasteiger partial charge < -0.3 is 5.73 Å². The average molecular weight is 169 g/mol. The van der Waals surface area contributed by atoms with Crippen LogP contribution in [-0.2, 0) is 6.42 Å². The third-order valence-corrected chi connectivity index (χ3v) is 2.25. The van der Waals surface area contributed by atoms with Gasteiger partial charge >= 0.3 is 0 Å². The van der Waals surface area contributed by atoms with Crippen LogP contribution in [0.2, 0.25) is 5.02 Å². The lowest BCUT2D eigenvalue weighted by atomic mass is 10.2. The molecule has 1 aliphatic rings. The van der Waals surface area contributed by atoms with Crippen molar-refractivity contribution in [3.63, 3.8) is 0 Å². The van der Waals surface area contributed by atoms with Crippen LogP contribution in [0.25, 0.3) is 0 Å². The fraction of sp³-hybridized carbons (Fsp3) is 0.375. The molecule has 11 heavy (non-hydrogen) atoms. The molecule has 0 fully saturated rings. The quantitative estimate of drug-likeness (QED) is 0.640. The Bertz CT molecular complexity index is 285. The maximum Gasteiger partial charge on any atom is 0.0604 e. The molecule has 0 bridgehead atoms. The molecule has 0 saturated carbocycles. The Morgan fingerprint density at radius 1 is 1.64 bits per heavy atom. The van der Waals surface area contributed by atoms with Crippen molar-refractivity contribution in [2.24, 2.45) is 5.73 Å². The first-order valence-corrected chi connectivity index (χ1v) is 4.05. The number of rotatable bonds is 0. The van der Waals surface area contributed by atoms with Crippen molar-refractivity contribution in [3.05, 3.63) is 28.5 Å². The summed E-state index contributed by atoms with van der Waals surface area (Å²) in [6.07, 6.45) is 3.68. The van der Waals surface area contributed by atoms with Gasteiger partial charge in [-0.3, -0.25) is 4.98 Å². The van der Waals surface area contributed by atoms with E-state index in [4.69, 9.17) is 17.3 Å². The van der Waals surface area contributed by atoms with Crippen molar-refractivity contribution in [1.29, 1.82) is 0 Å². The van der Waals surface area contributed by atoms with Crippen LogP contribution in [0.1, 0.15) is 23.7 Å². The van der Waals surface area contributed by atoms with E-state index in [0.29, 0.717) is 5.02 Å². The number of halogens is 1. The molecule has 58 valence electrons. The number of aryl methyl sites for hydroxylation is 1. The van der Waals surface area contributed by atoms with Crippen molar-refractivity contribution in [2.45, 2.75) is 18.9 Å². The molecule has 0 radical (unpaired) electrons. The first-order chi connectivity index (χ1) is 5.27. The number of nitrogens with two attached hydrogens (primary N) is 1. The first kappa shape index (κ1) is 7.07. The maximum atomic E-state index is 5.79. The van der Waals surface area contributed by atoms with Gasteiger partial charge in [-0.05, 0) is 24.5 Å². The van der Waals surface area contributed by atoms with E-state index in [1.165, 1.54) is 5.56 Å². The molecule has 2 rings (SSSR count). The molecule has 0 amide bonds. The zero-order chi connectivity index (χ0) is 7.84. The van der Waals surface area contributed by atoms with Gasteiger partial charge in [-0.2, -0.15) is 0 Å². The summed E-state index contributed by atoms with van der Waals surface area (Å²) in [6, 6.07) is 2.08. The Hall–Kier alpha value is -0.600. The molecule has 1 aromatic rings. The van der Waals surface area contributed by atoms with E-state index in [9.17, 15) is 0 Å². The fourth-order valence-corrected chi connectivity index (χ4v) is 1.65. The van der Waals surface area contributed by atoms with Crippen molar-refractivity contribution < 1.29 is 0 Å². The van der Waals surface area contributed by atoms with Crippen molar-refractivity contribution in [1.82, 2.24) is 4.98 Å². The highest BCUT2D eigenvalue weighted by Gasteiger charge is 2.19. The van der Waals surface area contributed by atoms with E-state index < -0.39 is 0 Å². The van der Waals surface area contributed by atoms with Gasteiger partial charge in [-0.1, -0.05) is 11.6 Å². The predicted octanol–water partition coefficient (Wildman–Crippen LogP) is 1.68. The molecule has 0 unspecified atom stereocenters. The van der Waals surface area contributed by atoms with Gasteiger partial charge in [-0.15, -0.1) is 0 Å². The molecule has 0 aromatic carbocycles. The minimum Gasteiger partial charge on any atom is -0.323 e. The summed E-state index contributed by atoms with van der Waals surface area (Å²) in [4.78, 5) is 4.18. The normalized spacial score (nSPS) is 21.8. The Labute approximate surface area is 70.4 Å². The summed E-state index contributed by atoms with van der Waals surface area (Å²) in [5.74, 6) is 0. The summed E-state index contributed by atoms with van der Waals surface area (Å²) in [5.41, 5.74) is 8.03. The monoisotopic (exact) mass is 168 g/mol. The molecule has 0 saturated heterocycles. The number of nitrogens with zero attached hydrogens (tertiary/aromatic N) is 1. The molecule has 1 atom stereocenters.